The third kappa shape index (κ3) is 9.28. The number of methoxy groups -OCH3 is 1. The fourth-order valence-corrected chi connectivity index (χ4v) is 3.36. The van der Waals surface area contributed by atoms with Crippen LogP contribution in [0.2, 0.25) is 0 Å². The van der Waals surface area contributed by atoms with E-state index in [1.54, 1.807) is 0 Å². The summed E-state index contributed by atoms with van der Waals surface area (Å²) in [5, 5.41) is 3.38. The van der Waals surface area contributed by atoms with E-state index in [2.05, 4.69) is 33.8 Å². The van der Waals surface area contributed by atoms with E-state index in [9.17, 15) is 4.79 Å². The Hall–Kier alpha value is -0.650. The van der Waals surface area contributed by atoms with E-state index in [0.29, 0.717) is 13.0 Å². The number of esters is 1. The topological polar surface area (TPSA) is 44.8 Å². The van der Waals surface area contributed by atoms with Crippen molar-refractivity contribution in [1.29, 1.82) is 0 Å². The zero-order chi connectivity index (χ0) is 16.9. The molecule has 0 spiro atoms. The van der Waals surface area contributed by atoms with Gasteiger partial charge in [-0.15, -0.1) is 0 Å². The molecule has 136 valence electrons. The third-order valence-electron chi connectivity index (χ3n) is 4.77. The van der Waals surface area contributed by atoms with Crippen LogP contribution in [-0.4, -0.2) is 75.2 Å². The number of nitrogens with zero attached hydrogens (tertiary/aromatic N) is 2. The first-order valence-electron chi connectivity index (χ1n) is 9.37. The maximum absolute atomic E-state index is 11.1. The minimum absolute atomic E-state index is 0.136. The zero-order valence-corrected chi connectivity index (χ0v) is 15.5. The van der Waals surface area contributed by atoms with Gasteiger partial charge in [-0.2, -0.15) is 0 Å². The highest BCUT2D eigenvalue weighted by atomic mass is 16.5. The average molecular weight is 328 g/mol. The zero-order valence-electron chi connectivity index (χ0n) is 15.5. The molecule has 0 aromatic carbocycles. The Labute approximate surface area is 142 Å². The molecule has 5 nitrogen and oxygen atoms in total. The first-order valence-corrected chi connectivity index (χ1v) is 9.37. The largest absolute Gasteiger partial charge is 0.469 e. The van der Waals surface area contributed by atoms with Gasteiger partial charge < -0.3 is 15.0 Å². The number of hydrogen-bond acceptors (Lipinski definition) is 5. The van der Waals surface area contributed by atoms with Gasteiger partial charge in [-0.05, 0) is 32.9 Å². The molecule has 5 heteroatoms. The normalized spacial score (nSPS) is 16.2. The van der Waals surface area contributed by atoms with Crippen molar-refractivity contribution >= 4 is 5.97 Å². The molecule has 0 amide bonds. The van der Waals surface area contributed by atoms with E-state index in [1.807, 2.05) is 0 Å². The Morgan fingerprint density at radius 2 is 1.83 bits per heavy atom. The van der Waals surface area contributed by atoms with Crippen LogP contribution in [-0.2, 0) is 9.53 Å². The fourth-order valence-electron chi connectivity index (χ4n) is 3.36. The Bertz CT molecular complexity index is 307. The van der Waals surface area contributed by atoms with Gasteiger partial charge in [-0.3, -0.25) is 9.69 Å². The summed E-state index contributed by atoms with van der Waals surface area (Å²) in [7, 11) is 3.66. The summed E-state index contributed by atoms with van der Waals surface area (Å²) in [6.45, 7) is 8.45. The molecule has 0 radical (unpaired) electrons. The van der Waals surface area contributed by atoms with Gasteiger partial charge in [0, 0.05) is 38.8 Å². The van der Waals surface area contributed by atoms with Crippen LogP contribution in [0, 0.1) is 0 Å². The van der Waals surface area contributed by atoms with E-state index in [4.69, 9.17) is 0 Å². The summed E-state index contributed by atoms with van der Waals surface area (Å²) in [6.07, 6.45) is 8.52. The fraction of sp³-hybridized carbons (Fsp3) is 0.944. The summed E-state index contributed by atoms with van der Waals surface area (Å²) in [5.74, 6) is -0.136. The molecule has 0 atom stereocenters. The number of rotatable bonds is 12. The van der Waals surface area contributed by atoms with Gasteiger partial charge in [0.15, 0.2) is 0 Å². The lowest BCUT2D eigenvalue weighted by atomic mass is 9.94. The highest BCUT2D eigenvalue weighted by Crippen LogP contribution is 2.22. The molecule has 0 saturated heterocycles. The quantitative estimate of drug-likeness (QED) is 0.439. The first kappa shape index (κ1) is 20.4. The van der Waals surface area contributed by atoms with Gasteiger partial charge in [-0.1, -0.05) is 26.2 Å². The maximum Gasteiger partial charge on any atom is 0.306 e. The number of likely N-dealkylation sites (N-methyl/N-ethyl adjacent to an activating group) is 1. The monoisotopic (exact) mass is 327 g/mol. The Balaban J connectivity index is 2.30. The maximum atomic E-state index is 11.1. The smallest absolute Gasteiger partial charge is 0.306 e. The molecule has 0 aromatic heterocycles. The summed E-state index contributed by atoms with van der Waals surface area (Å²) in [5.41, 5.74) is 0. The van der Waals surface area contributed by atoms with Crippen LogP contribution >= 0.6 is 0 Å². The Morgan fingerprint density at radius 3 is 2.48 bits per heavy atom. The lowest BCUT2D eigenvalue weighted by molar-refractivity contribution is -0.140. The minimum Gasteiger partial charge on any atom is -0.469 e. The molecule has 23 heavy (non-hydrogen) atoms. The van der Waals surface area contributed by atoms with Crippen LogP contribution in [0.3, 0.4) is 0 Å². The summed E-state index contributed by atoms with van der Waals surface area (Å²) >= 11 is 0. The van der Waals surface area contributed by atoms with Crippen LogP contribution in [0.4, 0.5) is 0 Å². The second-order valence-electron chi connectivity index (χ2n) is 6.71. The second-order valence-corrected chi connectivity index (χ2v) is 6.71. The van der Waals surface area contributed by atoms with Crippen molar-refractivity contribution in [2.45, 2.75) is 57.9 Å². The molecule has 1 fully saturated rings. The molecule has 1 N–H and O–H groups in total. The van der Waals surface area contributed by atoms with Gasteiger partial charge >= 0.3 is 5.97 Å². The standard InChI is InChI=1S/C18H37N3O2/c1-4-13-20(2)15-16-21(17-8-6-5-7-9-17)14-12-19-11-10-18(22)23-3/h17,19H,4-16H2,1-3H3. The number of ether oxygens (including phenoxy) is 1. The lowest BCUT2D eigenvalue weighted by Gasteiger charge is -2.35. The molecule has 1 aliphatic carbocycles. The van der Waals surface area contributed by atoms with Crippen molar-refractivity contribution in [3.05, 3.63) is 0 Å². The summed E-state index contributed by atoms with van der Waals surface area (Å²) < 4.78 is 4.67. The van der Waals surface area contributed by atoms with Crippen molar-refractivity contribution in [1.82, 2.24) is 15.1 Å². The molecule has 0 heterocycles. The summed E-state index contributed by atoms with van der Waals surface area (Å²) in [4.78, 5) is 16.2. The lowest BCUT2D eigenvalue weighted by Crippen LogP contribution is -2.44. The van der Waals surface area contributed by atoms with Crippen LogP contribution < -0.4 is 5.32 Å². The van der Waals surface area contributed by atoms with E-state index >= 15 is 0 Å². The van der Waals surface area contributed by atoms with Gasteiger partial charge in [0.2, 0.25) is 0 Å². The van der Waals surface area contributed by atoms with E-state index < -0.39 is 0 Å². The van der Waals surface area contributed by atoms with Gasteiger partial charge in [-0.25, -0.2) is 0 Å². The number of carbonyl (C=O) groups is 1. The van der Waals surface area contributed by atoms with Gasteiger partial charge in [0.1, 0.15) is 0 Å². The molecular formula is C18H37N3O2. The van der Waals surface area contributed by atoms with Crippen molar-refractivity contribution in [2.24, 2.45) is 0 Å². The highest BCUT2D eigenvalue weighted by molar-refractivity contribution is 5.69. The van der Waals surface area contributed by atoms with Crippen molar-refractivity contribution in [2.75, 3.05) is 53.4 Å². The Morgan fingerprint density at radius 1 is 1.09 bits per heavy atom. The predicted octanol–water partition coefficient (Wildman–Crippen LogP) is 2.12. The van der Waals surface area contributed by atoms with Crippen molar-refractivity contribution < 1.29 is 9.53 Å². The van der Waals surface area contributed by atoms with Crippen molar-refractivity contribution in [3.8, 4) is 0 Å². The molecule has 0 aliphatic heterocycles. The van der Waals surface area contributed by atoms with E-state index in [0.717, 1.165) is 32.2 Å². The second kappa shape index (κ2) is 12.7. The molecule has 1 saturated carbocycles. The van der Waals surface area contributed by atoms with E-state index in [1.165, 1.54) is 52.2 Å². The summed E-state index contributed by atoms with van der Waals surface area (Å²) in [6, 6.07) is 0.751. The first-order chi connectivity index (χ1) is 11.2. The van der Waals surface area contributed by atoms with Gasteiger partial charge in [0.25, 0.3) is 0 Å². The molecular weight excluding hydrogens is 290 g/mol. The molecule has 1 aliphatic rings. The van der Waals surface area contributed by atoms with Crippen LogP contribution in [0.5, 0.6) is 0 Å². The molecule has 0 bridgehead atoms. The predicted molar refractivity (Wildman–Crippen MR) is 95.7 cm³/mol. The van der Waals surface area contributed by atoms with Gasteiger partial charge in [0.05, 0.1) is 13.5 Å². The third-order valence-corrected chi connectivity index (χ3v) is 4.77. The number of hydrogen-bond donors (Lipinski definition) is 1. The molecule has 0 unspecified atom stereocenters. The molecule has 1 rings (SSSR count). The van der Waals surface area contributed by atoms with Crippen LogP contribution in [0.25, 0.3) is 0 Å². The highest BCUT2D eigenvalue weighted by Gasteiger charge is 2.20. The minimum atomic E-state index is -0.136. The number of nitrogens with one attached hydrogen (secondary N) is 1. The van der Waals surface area contributed by atoms with Crippen LogP contribution in [0.15, 0.2) is 0 Å². The van der Waals surface area contributed by atoms with Crippen molar-refractivity contribution in [3.63, 3.8) is 0 Å². The van der Waals surface area contributed by atoms with E-state index in [-0.39, 0.29) is 5.97 Å². The number of carbonyl (C=O) groups excluding carboxylic acids is 1. The SMILES string of the molecule is CCCN(C)CCN(CCNCCC(=O)OC)C1CCCCC1. The molecule has 0 aromatic rings. The average Bonchev–Trinajstić information content (AvgIpc) is 2.58. The van der Waals surface area contributed by atoms with Crippen LogP contribution in [0.1, 0.15) is 51.9 Å². The Kier molecular flexibility index (Phi) is 11.3.